The van der Waals surface area contributed by atoms with Crippen LogP contribution in [-0.4, -0.2) is 42.2 Å². The van der Waals surface area contributed by atoms with E-state index in [1.165, 1.54) is 34.2 Å². The number of piperidine rings is 1. The van der Waals surface area contributed by atoms with E-state index in [1.807, 2.05) is 0 Å². The number of primary amides is 1. The highest BCUT2D eigenvalue weighted by molar-refractivity contribution is 7.89. The quantitative estimate of drug-likeness (QED) is 0.667. The van der Waals surface area contributed by atoms with Crippen molar-refractivity contribution in [3.63, 3.8) is 0 Å². The first-order valence-electron chi connectivity index (χ1n) is 9.44. The van der Waals surface area contributed by atoms with Crippen molar-refractivity contribution in [1.29, 1.82) is 0 Å². The summed E-state index contributed by atoms with van der Waals surface area (Å²) in [5, 5.41) is 1.96. The van der Waals surface area contributed by atoms with Gasteiger partial charge in [-0.2, -0.15) is 17.5 Å². The van der Waals surface area contributed by atoms with Gasteiger partial charge < -0.3 is 15.6 Å². The van der Waals surface area contributed by atoms with Gasteiger partial charge in [-0.05, 0) is 37.1 Å². The molecule has 2 aromatic rings. The van der Waals surface area contributed by atoms with Crippen molar-refractivity contribution in [1.82, 2.24) is 8.87 Å². The molecular weight excluding hydrogens is 473 g/mol. The van der Waals surface area contributed by atoms with Gasteiger partial charge in [0, 0.05) is 37.9 Å². The fourth-order valence-electron chi connectivity index (χ4n) is 3.49. The van der Waals surface area contributed by atoms with Crippen LogP contribution in [0.4, 0.5) is 18.9 Å². The van der Waals surface area contributed by atoms with Crippen LogP contribution in [0.1, 0.15) is 28.9 Å². The number of halogens is 4. The van der Waals surface area contributed by atoms with E-state index in [1.54, 1.807) is 0 Å². The molecule has 0 radical (unpaired) electrons. The molecule has 8 nitrogen and oxygen atoms in total. The van der Waals surface area contributed by atoms with Crippen LogP contribution in [0.2, 0.25) is 5.02 Å². The van der Waals surface area contributed by atoms with Gasteiger partial charge in [0.05, 0.1) is 10.6 Å². The smallest absolute Gasteiger partial charge is 0.364 e. The largest absolute Gasteiger partial charge is 0.417 e. The maximum atomic E-state index is 13.0. The van der Waals surface area contributed by atoms with E-state index in [0.717, 1.165) is 12.1 Å². The summed E-state index contributed by atoms with van der Waals surface area (Å²) in [7, 11) is -2.40. The maximum absolute atomic E-state index is 13.0. The second-order valence-corrected chi connectivity index (χ2v) is 9.74. The number of amides is 2. The zero-order valence-electron chi connectivity index (χ0n) is 16.8. The van der Waals surface area contributed by atoms with Crippen LogP contribution in [0.5, 0.6) is 0 Å². The minimum atomic E-state index is -4.66. The standard InChI is InChI=1S/C19H20ClF3N4O4S/c1-26-10-13(9-16(26)17(24)28)32(30,31)27-6-4-11(5-7-27)18(29)25-12-2-3-15(20)14(8-12)19(21,22)23/h2-3,8-11H,4-7H2,1H3,(H2,24,28)(H,25,29). The van der Waals surface area contributed by atoms with Gasteiger partial charge in [-0.1, -0.05) is 11.6 Å². The summed E-state index contributed by atoms with van der Waals surface area (Å²) in [6, 6.07) is 4.26. The molecular formula is C19H20ClF3N4O4S. The molecule has 1 aromatic heterocycles. The molecule has 3 N–H and O–H groups in total. The van der Waals surface area contributed by atoms with Gasteiger partial charge in [-0.15, -0.1) is 0 Å². The Hall–Kier alpha value is -2.57. The average Bonchev–Trinajstić information content (AvgIpc) is 3.11. The van der Waals surface area contributed by atoms with Crippen LogP contribution in [0.25, 0.3) is 0 Å². The Morgan fingerprint density at radius 1 is 1.19 bits per heavy atom. The SMILES string of the molecule is Cn1cc(S(=O)(=O)N2CCC(C(=O)Nc3ccc(Cl)c(C(F)(F)F)c3)CC2)cc1C(N)=O. The number of nitrogens with one attached hydrogen (secondary N) is 1. The molecule has 2 heterocycles. The number of benzene rings is 1. The van der Waals surface area contributed by atoms with Crippen molar-refractivity contribution in [2.75, 3.05) is 18.4 Å². The summed E-state index contributed by atoms with van der Waals surface area (Å²) in [4.78, 5) is 23.8. The number of rotatable bonds is 5. The highest BCUT2D eigenvalue weighted by Gasteiger charge is 2.35. The van der Waals surface area contributed by atoms with Crippen molar-refractivity contribution in [2.24, 2.45) is 18.7 Å². The Labute approximate surface area is 187 Å². The molecule has 0 saturated carbocycles. The van der Waals surface area contributed by atoms with Gasteiger partial charge >= 0.3 is 6.18 Å². The second-order valence-electron chi connectivity index (χ2n) is 7.40. The molecule has 174 valence electrons. The number of nitrogens with zero attached hydrogens (tertiary/aromatic N) is 2. The molecule has 1 saturated heterocycles. The molecule has 1 aliphatic heterocycles. The Kier molecular flexibility index (Phi) is 6.59. The molecule has 0 spiro atoms. The van der Waals surface area contributed by atoms with Crippen LogP contribution >= 0.6 is 11.6 Å². The number of carbonyl (C=O) groups excluding carboxylic acids is 2. The lowest BCUT2D eigenvalue weighted by Crippen LogP contribution is -2.41. The molecule has 1 aromatic carbocycles. The van der Waals surface area contributed by atoms with Crippen LogP contribution in [0.15, 0.2) is 35.4 Å². The number of alkyl halides is 3. The number of anilines is 1. The minimum Gasteiger partial charge on any atom is -0.364 e. The highest BCUT2D eigenvalue weighted by Crippen LogP contribution is 2.36. The van der Waals surface area contributed by atoms with Crippen molar-refractivity contribution < 1.29 is 31.2 Å². The molecule has 3 rings (SSSR count). The fourth-order valence-corrected chi connectivity index (χ4v) is 5.26. The Balaban J connectivity index is 1.66. The van der Waals surface area contributed by atoms with E-state index in [9.17, 15) is 31.2 Å². The Morgan fingerprint density at radius 3 is 2.34 bits per heavy atom. The van der Waals surface area contributed by atoms with E-state index in [-0.39, 0.29) is 42.2 Å². The normalized spacial score (nSPS) is 16.2. The van der Waals surface area contributed by atoms with Crippen molar-refractivity contribution in [3.8, 4) is 0 Å². The van der Waals surface area contributed by atoms with Crippen LogP contribution in [0, 0.1) is 5.92 Å². The predicted octanol–water partition coefficient (Wildman–Crippen LogP) is 2.84. The van der Waals surface area contributed by atoms with Crippen molar-refractivity contribution in [3.05, 3.63) is 46.7 Å². The number of aryl methyl sites for hydroxylation is 1. The van der Waals surface area contributed by atoms with Gasteiger partial charge in [0.25, 0.3) is 5.91 Å². The topological polar surface area (TPSA) is 114 Å². The lowest BCUT2D eigenvalue weighted by atomic mass is 9.97. The lowest BCUT2D eigenvalue weighted by molar-refractivity contribution is -0.137. The molecule has 0 aliphatic carbocycles. The van der Waals surface area contributed by atoms with Crippen LogP contribution < -0.4 is 11.1 Å². The van der Waals surface area contributed by atoms with Gasteiger partial charge in [0.2, 0.25) is 15.9 Å². The van der Waals surface area contributed by atoms with E-state index in [0.29, 0.717) is 0 Å². The van der Waals surface area contributed by atoms with Gasteiger partial charge in [0.1, 0.15) is 10.6 Å². The maximum Gasteiger partial charge on any atom is 0.417 e. The zero-order valence-corrected chi connectivity index (χ0v) is 18.4. The molecule has 0 atom stereocenters. The molecule has 13 heteroatoms. The van der Waals surface area contributed by atoms with E-state index in [4.69, 9.17) is 17.3 Å². The van der Waals surface area contributed by atoms with E-state index < -0.39 is 44.5 Å². The number of hydrogen-bond donors (Lipinski definition) is 2. The first-order valence-corrected chi connectivity index (χ1v) is 11.3. The number of carbonyl (C=O) groups is 2. The van der Waals surface area contributed by atoms with Gasteiger partial charge in [-0.25, -0.2) is 8.42 Å². The summed E-state index contributed by atoms with van der Waals surface area (Å²) in [5.41, 5.74) is 4.15. The third-order valence-corrected chi connectivity index (χ3v) is 7.43. The van der Waals surface area contributed by atoms with Gasteiger partial charge in [0.15, 0.2) is 0 Å². The fraction of sp³-hybridized carbons (Fsp3) is 0.368. The highest BCUT2D eigenvalue weighted by atomic mass is 35.5. The molecule has 1 fully saturated rings. The predicted molar refractivity (Wildman–Crippen MR) is 110 cm³/mol. The molecule has 0 bridgehead atoms. The first-order chi connectivity index (χ1) is 14.8. The Bertz CT molecular complexity index is 1160. The summed E-state index contributed by atoms with van der Waals surface area (Å²) >= 11 is 5.58. The van der Waals surface area contributed by atoms with Crippen LogP contribution in [0.3, 0.4) is 0 Å². The third-order valence-electron chi connectivity index (χ3n) is 5.23. The number of hydrogen-bond acceptors (Lipinski definition) is 4. The number of sulfonamides is 1. The molecule has 1 aliphatic rings. The summed E-state index contributed by atoms with van der Waals surface area (Å²) < 4.78 is 67.2. The number of aromatic nitrogens is 1. The molecule has 0 unspecified atom stereocenters. The summed E-state index contributed by atoms with van der Waals surface area (Å²) in [6.07, 6.45) is -3.02. The Morgan fingerprint density at radius 2 is 1.81 bits per heavy atom. The third kappa shape index (κ3) is 4.92. The number of nitrogens with two attached hydrogens (primary N) is 1. The average molecular weight is 493 g/mol. The van der Waals surface area contributed by atoms with Crippen LogP contribution in [-0.2, 0) is 28.0 Å². The van der Waals surface area contributed by atoms with Crippen molar-refractivity contribution in [2.45, 2.75) is 23.9 Å². The summed E-state index contributed by atoms with van der Waals surface area (Å²) in [6.45, 7) is 0.0747. The van der Waals surface area contributed by atoms with E-state index in [2.05, 4.69) is 5.32 Å². The molecule has 32 heavy (non-hydrogen) atoms. The lowest BCUT2D eigenvalue weighted by Gasteiger charge is -2.30. The second kappa shape index (κ2) is 8.75. The monoisotopic (exact) mass is 492 g/mol. The first kappa shape index (κ1) is 24.1. The van der Waals surface area contributed by atoms with E-state index >= 15 is 0 Å². The van der Waals surface area contributed by atoms with Gasteiger partial charge in [-0.3, -0.25) is 9.59 Å². The summed E-state index contributed by atoms with van der Waals surface area (Å²) in [5.74, 6) is -1.85. The molecule has 2 amide bonds. The van der Waals surface area contributed by atoms with Crippen molar-refractivity contribution >= 4 is 39.1 Å². The zero-order chi connectivity index (χ0) is 23.8. The minimum absolute atomic E-state index is 0.0373.